The Balaban J connectivity index is 2.05. The van der Waals surface area contributed by atoms with Crippen molar-refractivity contribution in [1.82, 2.24) is 9.55 Å². The number of aliphatic imine (C=N–C) groups is 1. The summed E-state index contributed by atoms with van der Waals surface area (Å²) in [7, 11) is 1.92. The zero-order valence-electron chi connectivity index (χ0n) is 12.0. The summed E-state index contributed by atoms with van der Waals surface area (Å²) in [5.74, 6) is 0.791. The van der Waals surface area contributed by atoms with Crippen molar-refractivity contribution in [3.63, 3.8) is 0 Å². The van der Waals surface area contributed by atoms with Crippen LogP contribution in [0.25, 0.3) is 11.0 Å². The molecule has 0 bridgehead atoms. The Kier molecular flexibility index (Phi) is 4.06. The Hall–Kier alpha value is -1.66. The quantitative estimate of drug-likeness (QED) is 0.599. The average Bonchev–Trinajstić information content (AvgIpc) is 2.77. The second kappa shape index (κ2) is 5.85. The minimum absolute atomic E-state index is 0.207. The third-order valence-electron chi connectivity index (χ3n) is 3.40. The fourth-order valence-corrected chi connectivity index (χ4v) is 2.86. The molecule has 0 aliphatic heterocycles. The van der Waals surface area contributed by atoms with Crippen molar-refractivity contribution in [3.05, 3.63) is 50.4 Å². The molecule has 22 heavy (non-hydrogen) atoms. The Morgan fingerprint density at radius 2 is 1.91 bits per heavy atom. The number of imidazole rings is 1. The summed E-state index contributed by atoms with van der Waals surface area (Å²) in [6.45, 7) is 1.97. The lowest BCUT2D eigenvalue weighted by Gasteiger charge is -2.00. The highest BCUT2D eigenvalue weighted by molar-refractivity contribution is 9.13. The molecule has 0 aliphatic rings. The van der Waals surface area contributed by atoms with Crippen LogP contribution in [0.4, 0.5) is 5.95 Å². The summed E-state index contributed by atoms with van der Waals surface area (Å²) in [4.78, 5) is 8.92. The van der Waals surface area contributed by atoms with E-state index in [-0.39, 0.29) is 5.75 Å². The van der Waals surface area contributed by atoms with Gasteiger partial charge in [0.2, 0.25) is 5.95 Å². The molecule has 1 heterocycles. The van der Waals surface area contributed by atoms with E-state index in [9.17, 15) is 5.11 Å². The van der Waals surface area contributed by atoms with Gasteiger partial charge in [0.25, 0.3) is 0 Å². The second-order valence-electron chi connectivity index (χ2n) is 5.05. The van der Waals surface area contributed by atoms with Crippen molar-refractivity contribution in [2.24, 2.45) is 12.0 Å². The standard InChI is InChI=1S/C16H13Br2N3O/c1-9-3-4-15(22)10(5-9)8-19-16-20-13-6-11(17)12(18)7-14(13)21(16)2/h3-8,22H,1-2H3/b19-8+. The average molecular weight is 423 g/mol. The maximum absolute atomic E-state index is 9.86. The summed E-state index contributed by atoms with van der Waals surface area (Å²) in [5.41, 5.74) is 3.58. The van der Waals surface area contributed by atoms with Crippen LogP contribution in [0.5, 0.6) is 5.75 Å². The first-order chi connectivity index (χ1) is 10.5. The molecule has 1 aromatic heterocycles. The number of phenolic OH excluding ortho intramolecular Hbond substituents is 1. The van der Waals surface area contributed by atoms with E-state index >= 15 is 0 Å². The summed E-state index contributed by atoms with van der Waals surface area (Å²) < 4.78 is 3.83. The van der Waals surface area contributed by atoms with Gasteiger partial charge in [-0.1, -0.05) is 11.6 Å². The smallest absolute Gasteiger partial charge is 0.230 e. The van der Waals surface area contributed by atoms with Crippen LogP contribution in [0.15, 0.2) is 44.3 Å². The maximum Gasteiger partial charge on any atom is 0.230 e. The molecule has 0 fully saturated rings. The Morgan fingerprint density at radius 1 is 1.18 bits per heavy atom. The van der Waals surface area contributed by atoms with Crippen LogP contribution >= 0.6 is 31.9 Å². The largest absolute Gasteiger partial charge is 0.507 e. The third-order valence-corrected chi connectivity index (χ3v) is 5.25. The summed E-state index contributed by atoms with van der Waals surface area (Å²) in [6.07, 6.45) is 1.63. The minimum atomic E-state index is 0.207. The van der Waals surface area contributed by atoms with Crippen molar-refractivity contribution in [3.8, 4) is 5.75 Å². The van der Waals surface area contributed by atoms with Crippen LogP contribution in [-0.4, -0.2) is 20.9 Å². The van der Waals surface area contributed by atoms with Gasteiger partial charge in [0.15, 0.2) is 0 Å². The number of hydrogen-bond acceptors (Lipinski definition) is 3. The molecule has 0 saturated carbocycles. The predicted molar refractivity (Wildman–Crippen MR) is 96.2 cm³/mol. The van der Waals surface area contributed by atoms with Crippen LogP contribution in [0.3, 0.4) is 0 Å². The van der Waals surface area contributed by atoms with E-state index in [0.717, 1.165) is 25.5 Å². The van der Waals surface area contributed by atoms with Gasteiger partial charge in [0, 0.05) is 27.8 Å². The highest BCUT2D eigenvalue weighted by atomic mass is 79.9. The van der Waals surface area contributed by atoms with Crippen LogP contribution in [-0.2, 0) is 7.05 Å². The molecule has 1 N–H and O–H groups in total. The number of fused-ring (bicyclic) bond motifs is 1. The predicted octanol–water partition coefficient (Wildman–Crippen LogP) is 4.86. The number of benzene rings is 2. The fraction of sp³-hybridized carbons (Fsp3) is 0.125. The molecule has 0 unspecified atom stereocenters. The van der Waals surface area contributed by atoms with Crippen LogP contribution in [0.2, 0.25) is 0 Å². The van der Waals surface area contributed by atoms with E-state index in [1.807, 2.05) is 42.8 Å². The summed E-state index contributed by atoms with van der Waals surface area (Å²) >= 11 is 6.97. The van der Waals surface area contributed by atoms with Gasteiger partial charge in [-0.15, -0.1) is 0 Å². The van der Waals surface area contributed by atoms with Crippen LogP contribution in [0, 0.1) is 6.92 Å². The van der Waals surface area contributed by atoms with Gasteiger partial charge in [-0.05, 0) is 63.0 Å². The lowest BCUT2D eigenvalue weighted by Crippen LogP contribution is -1.89. The van der Waals surface area contributed by atoms with E-state index in [0.29, 0.717) is 11.5 Å². The van der Waals surface area contributed by atoms with Gasteiger partial charge in [0.1, 0.15) is 5.75 Å². The second-order valence-corrected chi connectivity index (χ2v) is 6.75. The number of aryl methyl sites for hydroxylation is 2. The summed E-state index contributed by atoms with van der Waals surface area (Å²) in [6, 6.07) is 9.35. The maximum atomic E-state index is 9.86. The number of aromatic nitrogens is 2. The third kappa shape index (κ3) is 2.80. The van der Waals surface area contributed by atoms with Crippen LogP contribution in [0.1, 0.15) is 11.1 Å². The lowest BCUT2D eigenvalue weighted by atomic mass is 10.1. The monoisotopic (exact) mass is 421 g/mol. The Labute approximate surface area is 144 Å². The van der Waals surface area contributed by atoms with Crippen molar-refractivity contribution in [1.29, 1.82) is 0 Å². The molecular weight excluding hydrogens is 410 g/mol. The van der Waals surface area contributed by atoms with Gasteiger partial charge >= 0.3 is 0 Å². The lowest BCUT2D eigenvalue weighted by molar-refractivity contribution is 0.474. The Bertz CT molecular complexity index is 900. The molecule has 2 aromatic carbocycles. The molecule has 6 heteroatoms. The molecule has 3 aromatic rings. The first-order valence-corrected chi connectivity index (χ1v) is 8.19. The first-order valence-electron chi connectivity index (χ1n) is 6.61. The first kappa shape index (κ1) is 15.2. The van der Waals surface area contributed by atoms with Crippen molar-refractivity contribution in [2.45, 2.75) is 6.92 Å². The number of halogens is 2. The van der Waals surface area contributed by atoms with Gasteiger partial charge < -0.3 is 9.67 Å². The van der Waals surface area contributed by atoms with E-state index in [2.05, 4.69) is 41.8 Å². The zero-order valence-corrected chi connectivity index (χ0v) is 15.2. The van der Waals surface area contributed by atoms with E-state index < -0.39 is 0 Å². The fourth-order valence-electron chi connectivity index (χ4n) is 2.19. The molecule has 0 spiro atoms. The molecule has 0 aliphatic carbocycles. The number of aromatic hydroxyl groups is 1. The van der Waals surface area contributed by atoms with E-state index in [1.54, 1.807) is 12.3 Å². The highest BCUT2D eigenvalue weighted by Crippen LogP contribution is 2.30. The number of nitrogens with zero attached hydrogens (tertiary/aromatic N) is 3. The van der Waals surface area contributed by atoms with Crippen molar-refractivity contribution in [2.75, 3.05) is 0 Å². The molecule has 3 rings (SSSR count). The Morgan fingerprint density at radius 3 is 2.68 bits per heavy atom. The van der Waals surface area contributed by atoms with Crippen molar-refractivity contribution < 1.29 is 5.11 Å². The van der Waals surface area contributed by atoms with Gasteiger partial charge in [0.05, 0.1) is 11.0 Å². The van der Waals surface area contributed by atoms with E-state index in [4.69, 9.17) is 0 Å². The highest BCUT2D eigenvalue weighted by Gasteiger charge is 2.09. The SMILES string of the molecule is Cc1ccc(O)c(/C=N/c2nc3cc(Br)c(Br)cc3n2C)c1. The van der Waals surface area contributed by atoms with E-state index in [1.165, 1.54) is 0 Å². The number of hydrogen-bond donors (Lipinski definition) is 1. The van der Waals surface area contributed by atoms with Crippen LogP contribution < -0.4 is 0 Å². The number of rotatable bonds is 2. The summed E-state index contributed by atoms with van der Waals surface area (Å²) in [5, 5.41) is 9.86. The molecule has 0 saturated heterocycles. The van der Waals surface area contributed by atoms with Gasteiger partial charge in [-0.2, -0.15) is 0 Å². The van der Waals surface area contributed by atoms with Gasteiger partial charge in [-0.25, -0.2) is 9.98 Å². The molecule has 112 valence electrons. The molecule has 0 amide bonds. The topological polar surface area (TPSA) is 50.4 Å². The van der Waals surface area contributed by atoms with Crippen molar-refractivity contribution >= 4 is 55.1 Å². The number of phenols is 1. The zero-order chi connectivity index (χ0) is 15.9. The minimum Gasteiger partial charge on any atom is -0.507 e. The van der Waals surface area contributed by atoms with Gasteiger partial charge in [-0.3, -0.25) is 0 Å². The molecule has 0 atom stereocenters. The molecule has 0 radical (unpaired) electrons. The molecule has 4 nitrogen and oxygen atoms in total. The molecular formula is C16H13Br2N3O. The normalized spacial score (nSPS) is 11.6.